The molecule has 0 spiro atoms. The molecular weight excluding hydrogens is 180 g/mol. The monoisotopic (exact) mass is 194 g/mol. The van der Waals surface area contributed by atoms with E-state index >= 15 is 0 Å². The Morgan fingerprint density at radius 2 is 2.07 bits per heavy atom. The first-order valence-electron chi connectivity index (χ1n) is 4.37. The van der Waals surface area contributed by atoms with Gasteiger partial charge in [0.15, 0.2) is 11.5 Å². The topological polar surface area (TPSA) is 49.7 Å². The molecular formula is C11H14O3. The van der Waals surface area contributed by atoms with E-state index in [9.17, 15) is 5.11 Å². The minimum atomic E-state index is -0.0489. The lowest BCUT2D eigenvalue weighted by Crippen LogP contribution is -1.94. The molecule has 2 N–H and O–H groups in total. The van der Waals surface area contributed by atoms with E-state index in [-0.39, 0.29) is 11.5 Å². The molecule has 0 amide bonds. The van der Waals surface area contributed by atoms with E-state index in [0.29, 0.717) is 12.4 Å². The van der Waals surface area contributed by atoms with Crippen molar-refractivity contribution in [2.75, 3.05) is 6.61 Å². The van der Waals surface area contributed by atoms with Gasteiger partial charge in [-0.25, -0.2) is 0 Å². The highest BCUT2D eigenvalue weighted by atomic mass is 16.5. The summed E-state index contributed by atoms with van der Waals surface area (Å²) in [6.45, 7) is 4.36. The van der Waals surface area contributed by atoms with Gasteiger partial charge < -0.3 is 14.9 Å². The Labute approximate surface area is 83.3 Å². The van der Waals surface area contributed by atoms with Crippen LogP contribution in [0.3, 0.4) is 0 Å². The van der Waals surface area contributed by atoms with Gasteiger partial charge in [0.1, 0.15) is 12.4 Å². The van der Waals surface area contributed by atoms with Gasteiger partial charge in [-0.2, -0.15) is 0 Å². The van der Waals surface area contributed by atoms with Crippen molar-refractivity contribution < 1.29 is 14.9 Å². The fourth-order valence-corrected chi connectivity index (χ4v) is 0.926. The molecule has 0 aliphatic carbocycles. The van der Waals surface area contributed by atoms with Crippen molar-refractivity contribution in [1.82, 2.24) is 0 Å². The Morgan fingerprint density at radius 1 is 1.36 bits per heavy atom. The van der Waals surface area contributed by atoms with Crippen molar-refractivity contribution in [2.45, 2.75) is 13.8 Å². The van der Waals surface area contributed by atoms with Crippen molar-refractivity contribution in [3.8, 4) is 17.2 Å². The van der Waals surface area contributed by atoms with Gasteiger partial charge in [-0.1, -0.05) is 5.57 Å². The molecule has 0 radical (unpaired) electrons. The molecule has 1 aromatic rings. The summed E-state index contributed by atoms with van der Waals surface area (Å²) < 4.78 is 5.27. The van der Waals surface area contributed by atoms with E-state index in [0.717, 1.165) is 5.57 Å². The molecule has 0 heterocycles. The number of phenols is 2. The standard InChI is InChI=1S/C11H14O3/c1-8(2)5-6-14-11-4-3-9(12)7-10(11)13/h3-5,7,12-13H,6H2,1-2H3. The van der Waals surface area contributed by atoms with E-state index in [1.54, 1.807) is 0 Å². The number of aromatic hydroxyl groups is 2. The molecule has 1 aromatic carbocycles. The van der Waals surface area contributed by atoms with Gasteiger partial charge in [0.25, 0.3) is 0 Å². The van der Waals surface area contributed by atoms with Crippen LogP contribution in [-0.2, 0) is 0 Å². The average Bonchev–Trinajstić information content (AvgIpc) is 2.08. The van der Waals surface area contributed by atoms with Gasteiger partial charge in [-0.05, 0) is 32.1 Å². The highest BCUT2D eigenvalue weighted by Gasteiger charge is 2.01. The summed E-state index contributed by atoms with van der Waals surface area (Å²) >= 11 is 0. The van der Waals surface area contributed by atoms with Crippen LogP contribution in [0.5, 0.6) is 17.2 Å². The molecule has 0 saturated carbocycles. The molecule has 0 saturated heterocycles. The number of ether oxygens (including phenoxy) is 1. The third-order valence-electron chi connectivity index (χ3n) is 1.67. The van der Waals surface area contributed by atoms with E-state index in [1.165, 1.54) is 18.2 Å². The molecule has 0 aromatic heterocycles. The Hall–Kier alpha value is -1.64. The Bertz CT molecular complexity index is 338. The normalized spacial score (nSPS) is 9.57. The summed E-state index contributed by atoms with van der Waals surface area (Å²) in [5, 5.41) is 18.4. The van der Waals surface area contributed by atoms with Crippen LogP contribution in [-0.4, -0.2) is 16.8 Å². The Morgan fingerprint density at radius 3 is 2.64 bits per heavy atom. The van der Waals surface area contributed by atoms with E-state index in [1.807, 2.05) is 19.9 Å². The molecule has 0 fully saturated rings. The summed E-state index contributed by atoms with van der Waals surface area (Å²) in [4.78, 5) is 0. The minimum Gasteiger partial charge on any atom is -0.508 e. The first-order chi connectivity index (χ1) is 6.59. The van der Waals surface area contributed by atoms with Crippen LogP contribution in [0.15, 0.2) is 29.8 Å². The van der Waals surface area contributed by atoms with Crippen LogP contribution >= 0.6 is 0 Å². The zero-order valence-electron chi connectivity index (χ0n) is 8.32. The van der Waals surface area contributed by atoms with Gasteiger partial charge in [0, 0.05) is 6.07 Å². The lowest BCUT2D eigenvalue weighted by atomic mass is 10.3. The second-order valence-electron chi connectivity index (χ2n) is 3.24. The summed E-state index contributed by atoms with van der Waals surface area (Å²) in [7, 11) is 0. The average molecular weight is 194 g/mol. The van der Waals surface area contributed by atoms with Crippen LogP contribution in [0.25, 0.3) is 0 Å². The maximum Gasteiger partial charge on any atom is 0.161 e. The molecule has 0 unspecified atom stereocenters. The van der Waals surface area contributed by atoms with E-state index < -0.39 is 0 Å². The van der Waals surface area contributed by atoms with Crippen LogP contribution in [0.4, 0.5) is 0 Å². The number of hydrogen-bond donors (Lipinski definition) is 2. The van der Waals surface area contributed by atoms with Crippen molar-refractivity contribution in [3.63, 3.8) is 0 Å². The predicted octanol–water partition coefficient (Wildman–Crippen LogP) is 2.44. The van der Waals surface area contributed by atoms with Crippen molar-refractivity contribution >= 4 is 0 Å². The van der Waals surface area contributed by atoms with Crippen LogP contribution < -0.4 is 4.74 Å². The summed E-state index contributed by atoms with van der Waals surface area (Å²) in [5.74, 6) is 0.351. The third-order valence-corrected chi connectivity index (χ3v) is 1.67. The van der Waals surface area contributed by atoms with Gasteiger partial charge in [0.05, 0.1) is 0 Å². The van der Waals surface area contributed by atoms with Crippen molar-refractivity contribution in [2.24, 2.45) is 0 Å². The molecule has 14 heavy (non-hydrogen) atoms. The third kappa shape index (κ3) is 3.01. The minimum absolute atomic E-state index is 0.0251. The quantitative estimate of drug-likeness (QED) is 0.726. The zero-order valence-corrected chi connectivity index (χ0v) is 8.32. The molecule has 1 rings (SSSR count). The molecule has 3 nitrogen and oxygen atoms in total. The smallest absolute Gasteiger partial charge is 0.161 e. The number of rotatable bonds is 3. The van der Waals surface area contributed by atoms with Gasteiger partial charge >= 0.3 is 0 Å². The predicted molar refractivity (Wildman–Crippen MR) is 54.7 cm³/mol. The highest BCUT2D eigenvalue weighted by molar-refractivity contribution is 5.43. The molecule has 0 bridgehead atoms. The van der Waals surface area contributed by atoms with E-state index in [2.05, 4.69) is 0 Å². The Balaban J connectivity index is 2.64. The van der Waals surface area contributed by atoms with Crippen LogP contribution in [0.1, 0.15) is 13.8 Å². The van der Waals surface area contributed by atoms with Gasteiger partial charge in [-0.3, -0.25) is 0 Å². The van der Waals surface area contributed by atoms with Crippen molar-refractivity contribution in [3.05, 3.63) is 29.8 Å². The van der Waals surface area contributed by atoms with Crippen molar-refractivity contribution in [1.29, 1.82) is 0 Å². The number of phenolic OH excluding ortho intramolecular Hbond substituents is 2. The summed E-state index contributed by atoms with van der Waals surface area (Å²) in [6, 6.07) is 4.25. The fourth-order valence-electron chi connectivity index (χ4n) is 0.926. The summed E-state index contributed by atoms with van der Waals surface area (Å²) in [6.07, 6.45) is 1.91. The highest BCUT2D eigenvalue weighted by Crippen LogP contribution is 2.29. The van der Waals surface area contributed by atoms with Crippen LogP contribution in [0, 0.1) is 0 Å². The zero-order chi connectivity index (χ0) is 10.6. The second-order valence-corrected chi connectivity index (χ2v) is 3.24. The largest absolute Gasteiger partial charge is 0.508 e. The molecule has 0 aliphatic rings. The lowest BCUT2D eigenvalue weighted by Gasteiger charge is -2.05. The fraction of sp³-hybridized carbons (Fsp3) is 0.273. The first kappa shape index (κ1) is 10.4. The second kappa shape index (κ2) is 4.56. The number of benzene rings is 1. The maximum absolute atomic E-state index is 9.35. The Kier molecular flexibility index (Phi) is 3.40. The number of allylic oxidation sites excluding steroid dienone is 1. The summed E-state index contributed by atoms with van der Waals surface area (Å²) in [5.41, 5.74) is 1.16. The lowest BCUT2D eigenvalue weighted by molar-refractivity contribution is 0.333. The van der Waals surface area contributed by atoms with Crippen LogP contribution in [0.2, 0.25) is 0 Å². The molecule has 76 valence electrons. The SMILES string of the molecule is CC(C)=CCOc1ccc(O)cc1O. The molecule has 3 heteroatoms. The van der Waals surface area contributed by atoms with Gasteiger partial charge in [0.2, 0.25) is 0 Å². The molecule has 0 atom stereocenters. The first-order valence-corrected chi connectivity index (χ1v) is 4.37. The maximum atomic E-state index is 9.35. The molecule has 0 aliphatic heterocycles. The van der Waals surface area contributed by atoms with E-state index in [4.69, 9.17) is 9.84 Å². The number of hydrogen-bond acceptors (Lipinski definition) is 3. The van der Waals surface area contributed by atoms with Gasteiger partial charge in [-0.15, -0.1) is 0 Å².